The number of benzene rings is 2. The Morgan fingerprint density at radius 3 is 2.48 bits per heavy atom. The van der Waals surface area contributed by atoms with Gasteiger partial charge in [0.15, 0.2) is 5.78 Å². The van der Waals surface area contributed by atoms with Crippen molar-refractivity contribution in [3.8, 4) is 0 Å². The molecule has 2 N–H and O–H groups in total. The van der Waals surface area contributed by atoms with Crippen molar-refractivity contribution < 1.29 is 23.9 Å². The molecule has 1 amide bonds. The van der Waals surface area contributed by atoms with E-state index in [1.54, 1.807) is 42.5 Å². The van der Waals surface area contributed by atoms with E-state index in [1.807, 2.05) is 0 Å². The Balaban J connectivity index is 1.37. The first-order valence-electron chi connectivity index (χ1n) is 10.4. The van der Waals surface area contributed by atoms with Crippen LogP contribution in [0.1, 0.15) is 42.3 Å². The fourth-order valence-corrected chi connectivity index (χ4v) is 3.70. The molecule has 1 aliphatic rings. The number of H-pyrrole nitrogens is 1. The van der Waals surface area contributed by atoms with Gasteiger partial charge in [0.2, 0.25) is 5.78 Å². The number of carbonyl (C=O) groups excluding carboxylic acids is 3. The van der Waals surface area contributed by atoms with Crippen LogP contribution in [-0.4, -0.2) is 62.0 Å². The third kappa shape index (κ3) is 4.63. The van der Waals surface area contributed by atoms with Crippen LogP contribution in [0.25, 0.3) is 21.3 Å². The molecule has 0 atom stereocenters. The average Bonchev–Trinajstić information content (AvgIpc) is 3.23. The van der Waals surface area contributed by atoms with Crippen LogP contribution in [0.4, 0.5) is 0 Å². The molecule has 0 spiro atoms. The fraction of sp³-hybridized carbons (Fsp3) is 0.261. The number of aromatic nitrogens is 1. The molecule has 1 aromatic heterocycles. The highest BCUT2D eigenvalue weighted by Crippen LogP contribution is 2.33. The lowest BCUT2D eigenvalue weighted by Crippen LogP contribution is -2.27. The maximum Gasteiger partial charge on any atom is 0.251 e. The lowest BCUT2D eigenvalue weighted by Gasteiger charge is -2.14. The number of azide groups is 1. The smallest absolute Gasteiger partial charge is 0.251 e. The molecule has 0 bridgehead atoms. The van der Waals surface area contributed by atoms with Crippen molar-refractivity contribution in [3.05, 3.63) is 80.9 Å². The molecule has 2 aromatic carbocycles. The predicted octanol–water partition coefficient (Wildman–Crippen LogP) is 3.02. The number of fused-ring (bicyclic) bond motifs is 4. The number of rotatable bonds is 10. The van der Waals surface area contributed by atoms with Crippen LogP contribution in [0, 0.1) is 0 Å². The zero-order valence-electron chi connectivity index (χ0n) is 17.7. The van der Waals surface area contributed by atoms with Gasteiger partial charge in [-0.2, -0.15) is 0 Å². The Morgan fingerprint density at radius 2 is 1.73 bits per heavy atom. The van der Waals surface area contributed by atoms with E-state index < -0.39 is 0 Å². The molecule has 4 rings (SSSR count). The molecule has 3 aromatic rings. The highest BCUT2D eigenvalue weighted by molar-refractivity contribution is 6.32. The lowest BCUT2D eigenvalue weighted by molar-refractivity contribution is 0.0511. The minimum atomic E-state index is -0.309. The number of ketones is 2. The van der Waals surface area contributed by atoms with E-state index in [1.165, 1.54) is 0 Å². The third-order valence-corrected chi connectivity index (χ3v) is 5.23. The first-order valence-corrected chi connectivity index (χ1v) is 10.4. The summed E-state index contributed by atoms with van der Waals surface area (Å²) < 4.78 is 10.6. The van der Waals surface area contributed by atoms with Crippen molar-refractivity contribution in [2.45, 2.75) is 0 Å². The van der Waals surface area contributed by atoms with E-state index in [4.69, 9.17) is 15.0 Å². The van der Waals surface area contributed by atoms with Crippen molar-refractivity contribution >= 4 is 28.4 Å². The van der Waals surface area contributed by atoms with Gasteiger partial charge in [0.1, 0.15) is 0 Å². The van der Waals surface area contributed by atoms with E-state index in [2.05, 4.69) is 20.3 Å². The second-order valence-electron chi connectivity index (χ2n) is 7.27. The molecule has 168 valence electrons. The van der Waals surface area contributed by atoms with E-state index in [0.29, 0.717) is 66.1 Å². The monoisotopic (exact) mass is 447 g/mol. The summed E-state index contributed by atoms with van der Waals surface area (Å²) in [6, 6.07) is 11.7. The number of hydrogen-bond donors (Lipinski definition) is 2. The quantitative estimate of drug-likeness (QED) is 0.166. The summed E-state index contributed by atoms with van der Waals surface area (Å²) in [5, 5.41) is 6.66. The molecule has 33 heavy (non-hydrogen) atoms. The zero-order chi connectivity index (χ0) is 23.2. The van der Waals surface area contributed by atoms with Gasteiger partial charge in [0, 0.05) is 45.6 Å². The van der Waals surface area contributed by atoms with E-state index in [9.17, 15) is 14.4 Å². The number of nitrogens with one attached hydrogen (secondary N) is 2. The van der Waals surface area contributed by atoms with Gasteiger partial charge in [-0.15, -0.1) is 0 Å². The molecule has 0 fully saturated rings. The number of carbonyl (C=O) groups is 3. The first kappa shape index (κ1) is 22.2. The van der Waals surface area contributed by atoms with Crippen LogP contribution in [0.5, 0.6) is 0 Å². The van der Waals surface area contributed by atoms with E-state index in [-0.39, 0.29) is 29.7 Å². The molecule has 10 nitrogen and oxygen atoms in total. The minimum absolute atomic E-state index is 0.235. The molecular formula is C23H21N5O5. The van der Waals surface area contributed by atoms with Gasteiger partial charge < -0.3 is 19.8 Å². The molecule has 0 unspecified atom stereocenters. The van der Waals surface area contributed by atoms with Crippen LogP contribution in [0.2, 0.25) is 0 Å². The fourth-order valence-electron chi connectivity index (χ4n) is 3.70. The summed E-state index contributed by atoms with van der Waals surface area (Å²) in [7, 11) is 0. The van der Waals surface area contributed by atoms with Crippen LogP contribution in [0.15, 0.2) is 47.6 Å². The van der Waals surface area contributed by atoms with Crippen molar-refractivity contribution in [1.29, 1.82) is 0 Å². The van der Waals surface area contributed by atoms with Crippen LogP contribution < -0.4 is 5.32 Å². The molecule has 0 saturated heterocycles. The van der Waals surface area contributed by atoms with E-state index in [0.717, 1.165) is 0 Å². The standard InChI is InChI=1S/C23H21N5O5/c24-28-26-8-10-33-12-11-32-9-7-25-23(31)14-5-6-18-17(13-14)19-20(27-18)22(30)16-4-2-1-3-15(16)21(19)29/h1-6,13,27H,7-12H2,(H,25,31). The second-order valence-corrected chi connectivity index (χ2v) is 7.27. The molecule has 1 aliphatic carbocycles. The number of hydrogen-bond acceptors (Lipinski definition) is 6. The van der Waals surface area contributed by atoms with Crippen molar-refractivity contribution in [3.63, 3.8) is 0 Å². The van der Waals surface area contributed by atoms with Gasteiger partial charge in [-0.25, -0.2) is 0 Å². The summed E-state index contributed by atoms with van der Waals surface area (Å²) in [5.41, 5.74) is 10.4. The van der Waals surface area contributed by atoms with Gasteiger partial charge in [0.05, 0.1) is 37.7 Å². The largest absolute Gasteiger partial charge is 0.379 e. The number of ether oxygens (including phenoxy) is 2. The Hall–Kier alpha value is -3.98. The van der Waals surface area contributed by atoms with E-state index >= 15 is 0 Å². The molecular weight excluding hydrogens is 426 g/mol. The summed E-state index contributed by atoms with van der Waals surface area (Å²) in [5.74, 6) is -0.781. The van der Waals surface area contributed by atoms with Crippen molar-refractivity contribution in [2.24, 2.45) is 5.11 Å². The maximum atomic E-state index is 13.1. The first-order chi connectivity index (χ1) is 16.1. The molecule has 0 aliphatic heterocycles. The summed E-state index contributed by atoms with van der Waals surface area (Å²) in [6.45, 7) is 1.91. The topological polar surface area (TPSA) is 146 Å². The molecule has 0 saturated carbocycles. The predicted molar refractivity (Wildman–Crippen MR) is 120 cm³/mol. The summed E-state index contributed by atoms with van der Waals surface area (Å²) >= 11 is 0. The maximum absolute atomic E-state index is 13.1. The van der Waals surface area contributed by atoms with Crippen LogP contribution in [0.3, 0.4) is 0 Å². The van der Waals surface area contributed by atoms with Crippen LogP contribution in [-0.2, 0) is 9.47 Å². The Bertz CT molecular complexity index is 1280. The van der Waals surface area contributed by atoms with Crippen LogP contribution >= 0.6 is 0 Å². The van der Waals surface area contributed by atoms with Gasteiger partial charge in [-0.1, -0.05) is 29.4 Å². The number of nitrogens with zero attached hydrogens (tertiary/aromatic N) is 3. The molecule has 10 heteroatoms. The highest BCUT2D eigenvalue weighted by Gasteiger charge is 2.33. The SMILES string of the molecule is [N-]=[N+]=NCCOCCOCCNC(=O)c1ccc2[nH]c3c(c2c1)C(=O)c1ccccc1C3=O. The lowest BCUT2D eigenvalue weighted by atomic mass is 9.87. The normalized spacial score (nSPS) is 12.2. The Morgan fingerprint density at radius 1 is 1.00 bits per heavy atom. The number of amides is 1. The van der Waals surface area contributed by atoms with Crippen molar-refractivity contribution in [1.82, 2.24) is 10.3 Å². The third-order valence-electron chi connectivity index (χ3n) is 5.23. The second kappa shape index (κ2) is 10.1. The highest BCUT2D eigenvalue weighted by atomic mass is 16.5. The van der Waals surface area contributed by atoms with Gasteiger partial charge in [0.25, 0.3) is 5.91 Å². The number of aromatic amines is 1. The Labute approximate surface area is 188 Å². The molecule has 1 heterocycles. The zero-order valence-corrected chi connectivity index (χ0v) is 17.7. The van der Waals surface area contributed by atoms with Gasteiger partial charge in [-0.05, 0) is 23.7 Å². The average molecular weight is 447 g/mol. The summed E-state index contributed by atoms with van der Waals surface area (Å²) in [4.78, 5) is 44.1. The minimum Gasteiger partial charge on any atom is -0.379 e. The Kier molecular flexibility index (Phi) is 6.80. The summed E-state index contributed by atoms with van der Waals surface area (Å²) in [6.07, 6.45) is 0. The molecule has 0 radical (unpaired) electrons. The van der Waals surface area contributed by atoms with Gasteiger partial charge in [-0.3, -0.25) is 14.4 Å². The van der Waals surface area contributed by atoms with Crippen molar-refractivity contribution in [2.75, 3.05) is 39.5 Å². The van der Waals surface area contributed by atoms with Gasteiger partial charge >= 0.3 is 0 Å².